The highest BCUT2D eigenvalue weighted by Crippen LogP contribution is 2.38. The molecule has 0 aromatic carbocycles. The van der Waals surface area contributed by atoms with Crippen LogP contribution >= 0.6 is 11.3 Å². The van der Waals surface area contributed by atoms with Crippen molar-refractivity contribution in [2.45, 2.75) is 38.2 Å². The highest BCUT2D eigenvalue weighted by atomic mass is 32.1. The van der Waals surface area contributed by atoms with Gasteiger partial charge in [0.25, 0.3) is 0 Å². The molecule has 2 fully saturated rings. The Morgan fingerprint density at radius 1 is 1.38 bits per heavy atom. The van der Waals surface area contributed by atoms with Crippen LogP contribution in [0.25, 0.3) is 0 Å². The Kier molecular flexibility index (Phi) is 4.39. The van der Waals surface area contributed by atoms with E-state index in [1.807, 2.05) is 25.2 Å². The molecule has 2 aliphatic heterocycles. The van der Waals surface area contributed by atoms with Gasteiger partial charge >= 0.3 is 0 Å². The molecular weight excluding hydrogens is 322 g/mol. The molecule has 1 unspecified atom stereocenters. The number of amidine groups is 1. The van der Waals surface area contributed by atoms with E-state index in [-0.39, 0.29) is 6.10 Å². The molecule has 6 nitrogen and oxygen atoms in total. The number of ether oxygens (including phenoxy) is 1. The van der Waals surface area contributed by atoms with Crippen LogP contribution in [-0.4, -0.2) is 40.5 Å². The predicted molar refractivity (Wildman–Crippen MR) is 95.3 cm³/mol. The standard InChI is InChI=1S/C17H23N5OS/c1-2-13-6-7-16(20-22(13)18)21-8-9-23-15(10-21)17-19-14(11-24-17)12-4-3-5-12/h2,6-7,11-12,15H,3-5,8-10,18H2,1H3/b13-2+. The fraction of sp³-hybridized carbons (Fsp3) is 0.529. The molecule has 1 aromatic heterocycles. The topological polar surface area (TPSA) is 67.0 Å². The highest BCUT2D eigenvalue weighted by Gasteiger charge is 2.29. The average molecular weight is 345 g/mol. The summed E-state index contributed by atoms with van der Waals surface area (Å²) in [6.45, 7) is 4.21. The van der Waals surface area contributed by atoms with E-state index in [2.05, 4.69) is 15.4 Å². The van der Waals surface area contributed by atoms with Gasteiger partial charge in [-0.25, -0.2) is 10.8 Å². The second-order valence-electron chi connectivity index (χ2n) is 6.39. The summed E-state index contributed by atoms with van der Waals surface area (Å²) in [5.74, 6) is 7.50. The summed E-state index contributed by atoms with van der Waals surface area (Å²) in [5.41, 5.74) is 2.15. The largest absolute Gasteiger partial charge is 0.367 e. The maximum atomic E-state index is 5.97. The van der Waals surface area contributed by atoms with Gasteiger partial charge in [-0.15, -0.1) is 16.4 Å². The fourth-order valence-corrected chi connectivity index (χ4v) is 4.12. The molecule has 4 rings (SSSR count). The zero-order valence-electron chi connectivity index (χ0n) is 13.9. The monoisotopic (exact) mass is 345 g/mol. The molecule has 1 atom stereocenters. The average Bonchev–Trinajstić information content (AvgIpc) is 3.03. The number of hydrazone groups is 1. The molecule has 0 bridgehead atoms. The van der Waals surface area contributed by atoms with E-state index in [1.54, 1.807) is 11.3 Å². The number of hydrazine groups is 1. The van der Waals surface area contributed by atoms with Gasteiger partial charge in [0.15, 0.2) is 5.84 Å². The Labute approximate surface area is 146 Å². The number of thiazole rings is 1. The van der Waals surface area contributed by atoms with Crippen LogP contribution in [0.15, 0.2) is 34.4 Å². The van der Waals surface area contributed by atoms with Crippen LogP contribution in [-0.2, 0) is 4.74 Å². The van der Waals surface area contributed by atoms with Gasteiger partial charge in [-0.05, 0) is 31.9 Å². The van der Waals surface area contributed by atoms with Crippen molar-refractivity contribution < 1.29 is 4.74 Å². The van der Waals surface area contributed by atoms with E-state index < -0.39 is 0 Å². The first-order valence-corrected chi connectivity index (χ1v) is 9.42. The summed E-state index contributed by atoms with van der Waals surface area (Å²) in [5, 5.41) is 9.19. The van der Waals surface area contributed by atoms with E-state index in [4.69, 9.17) is 15.6 Å². The summed E-state index contributed by atoms with van der Waals surface area (Å²) >= 11 is 1.72. The van der Waals surface area contributed by atoms with Crippen LogP contribution in [0.2, 0.25) is 0 Å². The van der Waals surface area contributed by atoms with Gasteiger partial charge in [0.1, 0.15) is 11.1 Å². The van der Waals surface area contributed by atoms with Crippen LogP contribution < -0.4 is 5.84 Å². The van der Waals surface area contributed by atoms with Gasteiger partial charge in [-0.3, -0.25) is 0 Å². The molecule has 1 aliphatic carbocycles. The molecule has 128 valence electrons. The summed E-state index contributed by atoms with van der Waals surface area (Å²) in [6, 6.07) is 0. The van der Waals surface area contributed by atoms with E-state index in [1.165, 1.54) is 30.1 Å². The lowest BCUT2D eigenvalue weighted by atomic mass is 9.83. The number of hydrogen-bond donors (Lipinski definition) is 1. The van der Waals surface area contributed by atoms with Crippen molar-refractivity contribution in [3.05, 3.63) is 40.0 Å². The zero-order valence-corrected chi connectivity index (χ0v) is 14.7. The smallest absolute Gasteiger partial charge is 0.150 e. The number of nitrogens with zero attached hydrogens (tertiary/aromatic N) is 4. The Bertz CT molecular complexity index is 691. The highest BCUT2D eigenvalue weighted by molar-refractivity contribution is 7.09. The maximum absolute atomic E-state index is 5.97. The number of nitrogens with two attached hydrogens (primary N) is 1. The lowest BCUT2D eigenvalue weighted by Crippen LogP contribution is -2.44. The van der Waals surface area contributed by atoms with Gasteiger partial charge in [0.2, 0.25) is 0 Å². The van der Waals surface area contributed by atoms with Crippen molar-refractivity contribution in [1.82, 2.24) is 15.0 Å². The number of morpholine rings is 1. The van der Waals surface area contributed by atoms with Crippen LogP contribution in [0.4, 0.5) is 0 Å². The molecule has 0 radical (unpaired) electrons. The summed E-state index contributed by atoms with van der Waals surface area (Å²) in [7, 11) is 0. The number of hydrogen-bond acceptors (Lipinski definition) is 7. The van der Waals surface area contributed by atoms with E-state index in [0.717, 1.165) is 29.6 Å². The van der Waals surface area contributed by atoms with Crippen molar-refractivity contribution in [2.24, 2.45) is 10.9 Å². The van der Waals surface area contributed by atoms with Crippen molar-refractivity contribution in [3.63, 3.8) is 0 Å². The van der Waals surface area contributed by atoms with Crippen molar-refractivity contribution in [3.8, 4) is 0 Å². The maximum Gasteiger partial charge on any atom is 0.150 e. The molecule has 0 amide bonds. The molecule has 1 saturated carbocycles. The Morgan fingerprint density at radius 2 is 2.25 bits per heavy atom. The normalized spacial score (nSPS) is 26.7. The Morgan fingerprint density at radius 3 is 2.96 bits per heavy atom. The first-order chi connectivity index (χ1) is 11.7. The van der Waals surface area contributed by atoms with Gasteiger partial charge < -0.3 is 9.64 Å². The molecule has 1 saturated heterocycles. The van der Waals surface area contributed by atoms with Crippen LogP contribution in [0.5, 0.6) is 0 Å². The van der Waals surface area contributed by atoms with Gasteiger partial charge in [-0.1, -0.05) is 12.5 Å². The fourth-order valence-electron chi connectivity index (χ4n) is 3.18. The number of allylic oxidation sites excluding steroid dienone is 2. The minimum atomic E-state index is 0.0167. The quantitative estimate of drug-likeness (QED) is 0.835. The summed E-state index contributed by atoms with van der Waals surface area (Å²) < 4.78 is 5.97. The SMILES string of the molecule is C/C=C1\C=CC(N2CCOC(c3nc(C4CCC4)cs3)C2)=NN1N. The van der Waals surface area contributed by atoms with Crippen molar-refractivity contribution >= 4 is 17.2 Å². The third-order valence-electron chi connectivity index (χ3n) is 4.90. The van der Waals surface area contributed by atoms with Gasteiger partial charge in [-0.2, -0.15) is 5.12 Å². The summed E-state index contributed by atoms with van der Waals surface area (Å²) in [6.07, 6.45) is 9.86. The number of aromatic nitrogens is 1. The molecule has 3 aliphatic rings. The molecule has 1 aromatic rings. The van der Waals surface area contributed by atoms with Crippen LogP contribution in [0.3, 0.4) is 0 Å². The lowest BCUT2D eigenvalue weighted by molar-refractivity contribution is -0.00733. The summed E-state index contributed by atoms with van der Waals surface area (Å²) in [4.78, 5) is 7.06. The molecule has 24 heavy (non-hydrogen) atoms. The first kappa shape index (κ1) is 15.8. The molecule has 7 heteroatoms. The van der Waals surface area contributed by atoms with Gasteiger partial charge in [0, 0.05) is 17.8 Å². The Balaban J connectivity index is 1.46. The van der Waals surface area contributed by atoms with Crippen LogP contribution in [0.1, 0.15) is 48.9 Å². The molecule has 2 N–H and O–H groups in total. The van der Waals surface area contributed by atoms with Crippen molar-refractivity contribution in [1.29, 1.82) is 0 Å². The molecular formula is C17H23N5OS. The second kappa shape index (κ2) is 6.66. The number of rotatable bonds is 2. The van der Waals surface area contributed by atoms with Gasteiger partial charge in [0.05, 0.1) is 24.5 Å². The van der Waals surface area contributed by atoms with E-state index in [0.29, 0.717) is 12.5 Å². The van der Waals surface area contributed by atoms with Crippen molar-refractivity contribution in [2.75, 3.05) is 19.7 Å². The minimum absolute atomic E-state index is 0.0167. The van der Waals surface area contributed by atoms with E-state index in [9.17, 15) is 0 Å². The first-order valence-electron chi connectivity index (χ1n) is 8.54. The minimum Gasteiger partial charge on any atom is -0.367 e. The second-order valence-corrected chi connectivity index (χ2v) is 7.28. The third-order valence-corrected chi connectivity index (χ3v) is 5.86. The van der Waals surface area contributed by atoms with Crippen LogP contribution in [0, 0.1) is 0 Å². The lowest BCUT2D eigenvalue weighted by Gasteiger charge is -2.35. The van der Waals surface area contributed by atoms with E-state index >= 15 is 0 Å². The third kappa shape index (κ3) is 2.99. The molecule has 0 spiro atoms. The zero-order chi connectivity index (χ0) is 16.5. The Hall–Kier alpha value is -1.70. The predicted octanol–water partition coefficient (Wildman–Crippen LogP) is 2.75. The molecule has 3 heterocycles.